The van der Waals surface area contributed by atoms with E-state index in [9.17, 15) is 19.3 Å². The lowest BCUT2D eigenvalue weighted by atomic mass is 10.1. The first-order valence-corrected chi connectivity index (χ1v) is 6.82. The van der Waals surface area contributed by atoms with Gasteiger partial charge >= 0.3 is 5.97 Å². The maximum atomic E-state index is 13.9. The van der Waals surface area contributed by atoms with E-state index in [2.05, 4.69) is 4.74 Å². The molecule has 114 valence electrons. The number of nitro groups is 1. The molecule has 0 amide bonds. The van der Waals surface area contributed by atoms with E-state index >= 15 is 0 Å². The molecule has 1 aliphatic carbocycles. The van der Waals surface area contributed by atoms with E-state index in [-0.39, 0.29) is 23.0 Å². The molecule has 0 unspecified atom stereocenters. The lowest BCUT2D eigenvalue weighted by Gasteiger charge is -2.24. The summed E-state index contributed by atoms with van der Waals surface area (Å²) in [6, 6.07) is 2.25. The Morgan fingerprint density at radius 2 is 2.19 bits per heavy atom. The molecule has 1 aliphatic rings. The van der Waals surface area contributed by atoms with E-state index < -0.39 is 16.7 Å². The van der Waals surface area contributed by atoms with Crippen LogP contribution < -0.4 is 4.90 Å². The van der Waals surface area contributed by atoms with E-state index in [4.69, 9.17) is 0 Å². The molecule has 6 nitrogen and oxygen atoms in total. The molecule has 0 bridgehead atoms. The number of methoxy groups -OCH3 is 1. The van der Waals surface area contributed by atoms with Crippen molar-refractivity contribution in [3.05, 3.63) is 33.6 Å². The molecule has 0 atom stereocenters. The highest BCUT2D eigenvalue weighted by Gasteiger charge is 2.34. The molecule has 1 aromatic carbocycles. The molecule has 0 heterocycles. The number of carbonyl (C=O) groups excluding carboxylic acids is 1. The summed E-state index contributed by atoms with van der Waals surface area (Å²) in [7, 11) is 1.15. The number of hydrogen-bond donors (Lipinski definition) is 0. The maximum absolute atomic E-state index is 13.9. The average molecular weight is 296 g/mol. The van der Waals surface area contributed by atoms with Crippen LogP contribution in [-0.4, -0.2) is 30.6 Å². The molecule has 7 heteroatoms. The largest absolute Gasteiger partial charge is 0.465 e. The molecule has 0 spiro atoms. The Balaban J connectivity index is 2.53. The van der Waals surface area contributed by atoms with Crippen LogP contribution in [-0.2, 0) is 4.74 Å². The van der Waals surface area contributed by atoms with Gasteiger partial charge in [0.15, 0.2) is 0 Å². The summed E-state index contributed by atoms with van der Waals surface area (Å²) in [6.07, 6.45) is 2.70. The monoisotopic (exact) mass is 296 g/mol. The summed E-state index contributed by atoms with van der Waals surface area (Å²) in [5.41, 5.74) is -0.313. The van der Waals surface area contributed by atoms with Gasteiger partial charge in [-0.1, -0.05) is 6.92 Å². The first kappa shape index (κ1) is 15.2. The predicted molar refractivity (Wildman–Crippen MR) is 75.1 cm³/mol. The van der Waals surface area contributed by atoms with Gasteiger partial charge in [0, 0.05) is 12.6 Å². The van der Waals surface area contributed by atoms with Crippen LogP contribution in [0, 0.1) is 15.9 Å². The van der Waals surface area contributed by atoms with Crippen LogP contribution in [0.15, 0.2) is 12.1 Å². The minimum absolute atomic E-state index is 0.222. The van der Waals surface area contributed by atoms with Crippen LogP contribution in [0.2, 0.25) is 0 Å². The van der Waals surface area contributed by atoms with Gasteiger partial charge in [-0.2, -0.15) is 0 Å². The van der Waals surface area contributed by atoms with Crippen molar-refractivity contribution in [3.63, 3.8) is 0 Å². The number of rotatable bonds is 6. The van der Waals surface area contributed by atoms with Gasteiger partial charge in [-0.25, -0.2) is 9.18 Å². The molecule has 0 aliphatic heterocycles. The van der Waals surface area contributed by atoms with Crippen molar-refractivity contribution in [2.45, 2.75) is 32.2 Å². The number of hydrogen-bond acceptors (Lipinski definition) is 5. The summed E-state index contributed by atoms with van der Waals surface area (Å²) in [5.74, 6) is -1.78. The molecule has 0 radical (unpaired) electrons. The van der Waals surface area contributed by atoms with Crippen molar-refractivity contribution in [1.29, 1.82) is 0 Å². The zero-order valence-corrected chi connectivity index (χ0v) is 12.0. The van der Waals surface area contributed by atoms with Crippen molar-refractivity contribution in [2.75, 3.05) is 18.6 Å². The van der Waals surface area contributed by atoms with Crippen LogP contribution in [0.5, 0.6) is 0 Å². The fourth-order valence-corrected chi connectivity index (χ4v) is 2.32. The van der Waals surface area contributed by atoms with Crippen LogP contribution in [0.1, 0.15) is 36.5 Å². The average Bonchev–Trinajstić information content (AvgIpc) is 3.28. The first-order chi connectivity index (χ1) is 9.99. The Bertz CT molecular complexity index is 572. The molecule has 1 aromatic rings. The van der Waals surface area contributed by atoms with Gasteiger partial charge in [-0.15, -0.1) is 0 Å². The van der Waals surface area contributed by atoms with Gasteiger partial charge < -0.3 is 9.64 Å². The summed E-state index contributed by atoms with van der Waals surface area (Å²) in [5, 5.41) is 11.2. The summed E-state index contributed by atoms with van der Waals surface area (Å²) >= 11 is 0. The van der Waals surface area contributed by atoms with Crippen LogP contribution >= 0.6 is 0 Å². The first-order valence-electron chi connectivity index (χ1n) is 6.82. The van der Waals surface area contributed by atoms with Crippen molar-refractivity contribution >= 4 is 17.3 Å². The number of benzene rings is 1. The third-order valence-corrected chi connectivity index (χ3v) is 3.43. The summed E-state index contributed by atoms with van der Waals surface area (Å²) in [4.78, 5) is 24.0. The lowest BCUT2D eigenvalue weighted by molar-refractivity contribution is -0.384. The van der Waals surface area contributed by atoms with E-state index in [1.165, 1.54) is 6.07 Å². The molecular formula is C14H17FN2O4. The maximum Gasteiger partial charge on any atom is 0.340 e. The standard InChI is InChI=1S/C14H17FN2O4/c1-3-6-16(9-4-5-9)12-7-10(14(18)21-2)11(15)8-13(12)17(19)20/h7-9H,3-6H2,1-2H3. The fourth-order valence-electron chi connectivity index (χ4n) is 2.32. The number of anilines is 1. The number of nitrogens with zero attached hydrogens (tertiary/aromatic N) is 2. The van der Waals surface area contributed by atoms with Gasteiger partial charge in [0.1, 0.15) is 11.5 Å². The Morgan fingerprint density at radius 1 is 1.52 bits per heavy atom. The van der Waals surface area contributed by atoms with E-state index in [1.807, 2.05) is 11.8 Å². The predicted octanol–water partition coefficient (Wildman–Crippen LogP) is 2.90. The van der Waals surface area contributed by atoms with E-state index in [0.29, 0.717) is 6.54 Å². The van der Waals surface area contributed by atoms with Gasteiger partial charge in [0.05, 0.1) is 23.7 Å². The van der Waals surface area contributed by atoms with Crippen LogP contribution in [0.4, 0.5) is 15.8 Å². The van der Waals surface area contributed by atoms with Gasteiger partial charge in [0.25, 0.3) is 5.69 Å². The minimum Gasteiger partial charge on any atom is -0.465 e. The zero-order valence-electron chi connectivity index (χ0n) is 12.0. The normalized spacial score (nSPS) is 13.9. The van der Waals surface area contributed by atoms with Crippen molar-refractivity contribution in [2.24, 2.45) is 0 Å². The smallest absolute Gasteiger partial charge is 0.340 e. The zero-order chi connectivity index (χ0) is 15.6. The molecule has 2 rings (SSSR count). The van der Waals surface area contributed by atoms with Crippen molar-refractivity contribution in [1.82, 2.24) is 0 Å². The van der Waals surface area contributed by atoms with Gasteiger partial charge in [-0.05, 0) is 25.3 Å². The Kier molecular flexibility index (Phi) is 4.40. The Morgan fingerprint density at radius 3 is 2.67 bits per heavy atom. The molecule has 1 saturated carbocycles. The molecular weight excluding hydrogens is 279 g/mol. The quantitative estimate of drug-likeness (QED) is 0.458. The highest BCUT2D eigenvalue weighted by molar-refractivity contribution is 5.92. The third kappa shape index (κ3) is 3.12. The second kappa shape index (κ2) is 6.07. The summed E-state index contributed by atoms with van der Waals surface area (Å²) < 4.78 is 18.4. The number of halogens is 1. The number of esters is 1. The SMILES string of the molecule is CCCN(c1cc(C(=O)OC)c(F)cc1[N+](=O)[O-])C1CC1. The molecule has 21 heavy (non-hydrogen) atoms. The minimum atomic E-state index is -0.940. The van der Waals surface area contributed by atoms with Crippen LogP contribution in [0.3, 0.4) is 0 Å². The number of ether oxygens (including phenoxy) is 1. The van der Waals surface area contributed by atoms with Crippen molar-refractivity contribution < 1.29 is 18.8 Å². The molecule has 0 aromatic heterocycles. The van der Waals surface area contributed by atoms with Crippen LogP contribution in [0.25, 0.3) is 0 Å². The fraction of sp³-hybridized carbons (Fsp3) is 0.500. The number of nitro benzene ring substituents is 1. The highest BCUT2D eigenvalue weighted by atomic mass is 19.1. The molecule has 1 fully saturated rings. The second-order valence-corrected chi connectivity index (χ2v) is 4.99. The second-order valence-electron chi connectivity index (χ2n) is 4.99. The topological polar surface area (TPSA) is 72.7 Å². The van der Waals surface area contributed by atoms with E-state index in [0.717, 1.165) is 32.4 Å². The Labute approximate surface area is 121 Å². The number of carbonyl (C=O) groups is 1. The van der Waals surface area contributed by atoms with Crippen molar-refractivity contribution in [3.8, 4) is 0 Å². The third-order valence-electron chi connectivity index (χ3n) is 3.43. The summed E-state index contributed by atoms with van der Waals surface area (Å²) in [6.45, 7) is 2.59. The van der Waals surface area contributed by atoms with E-state index in [1.54, 1.807) is 0 Å². The highest BCUT2D eigenvalue weighted by Crippen LogP contribution is 2.38. The Hall–Kier alpha value is -2.18. The molecule has 0 saturated heterocycles. The van der Waals surface area contributed by atoms with Gasteiger partial charge in [0.2, 0.25) is 0 Å². The molecule has 0 N–H and O–H groups in total. The van der Waals surface area contributed by atoms with Gasteiger partial charge in [-0.3, -0.25) is 10.1 Å². The lowest BCUT2D eigenvalue weighted by Crippen LogP contribution is -2.27.